The molecule has 94 valence electrons. The SMILES string of the molecule is CC(NCc1ccsc1C(=O)O)c1cccnc1. The lowest BCUT2D eigenvalue weighted by molar-refractivity contribution is 0.0701. The number of aromatic nitrogens is 1. The van der Waals surface area contributed by atoms with Crippen molar-refractivity contribution in [1.82, 2.24) is 10.3 Å². The highest BCUT2D eigenvalue weighted by molar-refractivity contribution is 7.12. The summed E-state index contributed by atoms with van der Waals surface area (Å²) < 4.78 is 0. The van der Waals surface area contributed by atoms with Gasteiger partial charge in [-0.25, -0.2) is 4.79 Å². The van der Waals surface area contributed by atoms with E-state index in [0.29, 0.717) is 11.4 Å². The highest BCUT2D eigenvalue weighted by Gasteiger charge is 2.12. The zero-order valence-corrected chi connectivity index (χ0v) is 10.8. The summed E-state index contributed by atoms with van der Waals surface area (Å²) in [6.07, 6.45) is 3.54. The van der Waals surface area contributed by atoms with Crippen LogP contribution < -0.4 is 5.32 Å². The molecule has 1 atom stereocenters. The van der Waals surface area contributed by atoms with Crippen LogP contribution in [0.3, 0.4) is 0 Å². The van der Waals surface area contributed by atoms with Gasteiger partial charge >= 0.3 is 5.97 Å². The van der Waals surface area contributed by atoms with E-state index in [-0.39, 0.29) is 6.04 Å². The number of carboxylic acid groups (broad SMARTS) is 1. The molecule has 2 aromatic rings. The molecule has 0 saturated heterocycles. The molecular weight excluding hydrogens is 248 g/mol. The van der Waals surface area contributed by atoms with Crippen LogP contribution in [0.2, 0.25) is 0 Å². The van der Waals surface area contributed by atoms with Crippen molar-refractivity contribution in [3.05, 3.63) is 52.0 Å². The molecule has 0 amide bonds. The molecule has 0 aliphatic rings. The van der Waals surface area contributed by atoms with Gasteiger partial charge in [0.05, 0.1) is 0 Å². The third kappa shape index (κ3) is 2.94. The first-order chi connectivity index (χ1) is 8.68. The number of carboxylic acids is 1. The molecular formula is C13H14N2O2S. The summed E-state index contributed by atoms with van der Waals surface area (Å²) in [6, 6.07) is 5.87. The minimum absolute atomic E-state index is 0.139. The van der Waals surface area contributed by atoms with Crippen LogP contribution in [0.25, 0.3) is 0 Å². The number of nitrogens with zero attached hydrogens (tertiary/aromatic N) is 1. The summed E-state index contributed by atoms with van der Waals surface area (Å²) in [5.74, 6) is -0.865. The maximum absolute atomic E-state index is 11.0. The van der Waals surface area contributed by atoms with Crippen LogP contribution in [0.5, 0.6) is 0 Å². The van der Waals surface area contributed by atoms with Crippen LogP contribution in [0.1, 0.15) is 33.8 Å². The molecule has 0 fully saturated rings. The molecule has 1 unspecified atom stereocenters. The van der Waals surface area contributed by atoms with Crippen LogP contribution >= 0.6 is 11.3 Å². The lowest BCUT2D eigenvalue weighted by Crippen LogP contribution is -2.19. The van der Waals surface area contributed by atoms with Gasteiger partial charge in [-0.3, -0.25) is 4.98 Å². The average Bonchev–Trinajstić information content (AvgIpc) is 2.85. The Balaban J connectivity index is 1.99. The molecule has 18 heavy (non-hydrogen) atoms. The number of carbonyl (C=O) groups is 1. The van der Waals surface area contributed by atoms with Crippen LogP contribution in [-0.4, -0.2) is 16.1 Å². The largest absolute Gasteiger partial charge is 0.477 e. The Labute approximate surface area is 109 Å². The first-order valence-electron chi connectivity index (χ1n) is 5.61. The molecule has 2 rings (SSSR count). The maximum atomic E-state index is 11.0. The van der Waals surface area contributed by atoms with Gasteiger partial charge in [0.25, 0.3) is 0 Å². The monoisotopic (exact) mass is 262 g/mol. The molecule has 0 saturated carbocycles. The van der Waals surface area contributed by atoms with Crippen molar-refractivity contribution in [3.63, 3.8) is 0 Å². The highest BCUT2D eigenvalue weighted by Crippen LogP contribution is 2.18. The molecule has 0 spiro atoms. The highest BCUT2D eigenvalue weighted by atomic mass is 32.1. The quantitative estimate of drug-likeness (QED) is 0.869. The number of rotatable bonds is 5. The van der Waals surface area contributed by atoms with Gasteiger partial charge in [0, 0.05) is 25.0 Å². The Morgan fingerprint density at radius 3 is 3.06 bits per heavy atom. The average molecular weight is 262 g/mol. The van der Waals surface area contributed by atoms with Gasteiger partial charge in [0.1, 0.15) is 4.88 Å². The summed E-state index contributed by atoms with van der Waals surface area (Å²) in [5.41, 5.74) is 1.91. The summed E-state index contributed by atoms with van der Waals surface area (Å²) in [7, 11) is 0. The van der Waals surface area contributed by atoms with Gasteiger partial charge in [-0.05, 0) is 35.6 Å². The Morgan fingerprint density at radius 2 is 2.39 bits per heavy atom. The first-order valence-corrected chi connectivity index (χ1v) is 6.49. The topological polar surface area (TPSA) is 62.2 Å². The summed E-state index contributed by atoms with van der Waals surface area (Å²) in [5, 5.41) is 14.1. The number of hydrogen-bond acceptors (Lipinski definition) is 4. The molecule has 4 nitrogen and oxygen atoms in total. The zero-order valence-electron chi connectivity index (χ0n) is 9.96. The Kier molecular flexibility index (Phi) is 4.07. The standard InChI is InChI=1S/C13H14N2O2S/c1-9(10-3-2-5-14-7-10)15-8-11-4-6-18-12(11)13(16)17/h2-7,9,15H,8H2,1H3,(H,16,17). The zero-order chi connectivity index (χ0) is 13.0. The van der Waals surface area contributed by atoms with Gasteiger partial charge < -0.3 is 10.4 Å². The molecule has 0 aliphatic carbocycles. The Hall–Kier alpha value is -1.72. The first kappa shape index (κ1) is 12.7. The second kappa shape index (κ2) is 5.75. The van der Waals surface area contributed by atoms with E-state index in [0.717, 1.165) is 11.1 Å². The van der Waals surface area contributed by atoms with E-state index in [4.69, 9.17) is 5.11 Å². The molecule has 5 heteroatoms. The minimum Gasteiger partial charge on any atom is -0.477 e. The second-order valence-electron chi connectivity index (χ2n) is 3.97. The van der Waals surface area contributed by atoms with Crippen LogP contribution in [0, 0.1) is 0 Å². The molecule has 2 heterocycles. The smallest absolute Gasteiger partial charge is 0.346 e. The lowest BCUT2D eigenvalue weighted by atomic mass is 10.1. The van der Waals surface area contributed by atoms with E-state index in [1.165, 1.54) is 11.3 Å². The van der Waals surface area contributed by atoms with Crippen molar-refractivity contribution in [2.24, 2.45) is 0 Å². The number of aromatic carboxylic acids is 1. The summed E-state index contributed by atoms with van der Waals surface area (Å²) >= 11 is 1.25. The molecule has 2 N–H and O–H groups in total. The molecule has 0 aliphatic heterocycles. The van der Waals surface area contributed by atoms with Crippen molar-refractivity contribution in [2.45, 2.75) is 19.5 Å². The summed E-state index contributed by atoms with van der Waals surface area (Å²) in [6.45, 7) is 2.57. The number of pyridine rings is 1. The molecule has 0 bridgehead atoms. The van der Waals surface area contributed by atoms with Crippen LogP contribution in [-0.2, 0) is 6.54 Å². The maximum Gasteiger partial charge on any atom is 0.346 e. The Morgan fingerprint density at radius 1 is 1.56 bits per heavy atom. The van der Waals surface area contributed by atoms with Gasteiger partial charge in [-0.1, -0.05) is 6.07 Å². The van der Waals surface area contributed by atoms with Gasteiger partial charge in [0.15, 0.2) is 0 Å². The van der Waals surface area contributed by atoms with E-state index in [1.807, 2.05) is 31.3 Å². The molecule has 0 radical (unpaired) electrons. The fourth-order valence-corrected chi connectivity index (χ4v) is 2.44. The second-order valence-corrected chi connectivity index (χ2v) is 4.89. The van der Waals surface area contributed by atoms with Crippen molar-refractivity contribution in [2.75, 3.05) is 0 Å². The predicted octanol–water partition coefficient (Wildman–Crippen LogP) is 2.69. The van der Waals surface area contributed by atoms with Crippen molar-refractivity contribution >= 4 is 17.3 Å². The summed E-state index contributed by atoms with van der Waals surface area (Å²) in [4.78, 5) is 15.4. The number of hydrogen-bond donors (Lipinski definition) is 2. The van der Waals surface area contributed by atoms with E-state index in [9.17, 15) is 4.79 Å². The lowest BCUT2D eigenvalue weighted by Gasteiger charge is -2.13. The molecule has 0 aromatic carbocycles. The van der Waals surface area contributed by atoms with Gasteiger partial charge in [-0.15, -0.1) is 11.3 Å². The van der Waals surface area contributed by atoms with Gasteiger partial charge in [0.2, 0.25) is 0 Å². The van der Waals surface area contributed by atoms with E-state index in [1.54, 1.807) is 11.6 Å². The van der Waals surface area contributed by atoms with Crippen molar-refractivity contribution < 1.29 is 9.90 Å². The third-order valence-corrected chi connectivity index (χ3v) is 3.67. The minimum atomic E-state index is -0.865. The van der Waals surface area contributed by atoms with Gasteiger partial charge in [-0.2, -0.15) is 0 Å². The van der Waals surface area contributed by atoms with E-state index in [2.05, 4.69) is 10.3 Å². The number of thiophene rings is 1. The molecule has 2 aromatic heterocycles. The number of nitrogens with one attached hydrogen (secondary N) is 1. The fourth-order valence-electron chi connectivity index (χ4n) is 1.68. The normalized spacial score (nSPS) is 12.3. The predicted molar refractivity (Wildman–Crippen MR) is 70.8 cm³/mol. The Bertz CT molecular complexity index is 525. The van der Waals surface area contributed by atoms with Crippen molar-refractivity contribution in [1.29, 1.82) is 0 Å². The van der Waals surface area contributed by atoms with Crippen molar-refractivity contribution in [3.8, 4) is 0 Å². The van der Waals surface area contributed by atoms with E-state index < -0.39 is 5.97 Å². The third-order valence-electron chi connectivity index (χ3n) is 2.72. The van der Waals surface area contributed by atoms with Crippen LogP contribution in [0.4, 0.5) is 0 Å². The van der Waals surface area contributed by atoms with E-state index >= 15 is 0 Å². The van der Waals surface area contributed by atoms with Crippen LogP contribution in [0.15, 0.2) is 36.0 Å². The fraction of sp³-hybridized carbons (Fsp3) is 0.231.